The number of rotatable bonds is 5. The van der Waals surface area contributed by atoms with Gasteiger partial charge in [-0.15, -0.1) is 0 Å². The number of aryl methyl sites for hydroxylation is 1. The fraction of sp³-hybridized carbons (Fsp3) is 0.125. The minimum absolute atomic E-state index is 0.186. The summed E-state index contributed by atoms with van der Waals surface area (Å²) < 4.78 is 5.39. The van der Waals surface area contributed by atoms with Crippen molar-refractivity contribution in [1.82, 2.24) is 0 Å². The molecule has 3 N–H and O–H groups in total. The predicted molar refractivity (Wildman–Crippen MR) is 85.3 cm³/mol. The maximum atomic E-state index is 11.9. The van der Waals surface area contributed by atoms with Gasteiger partial charge in [0, 0.05) is 5.02 Å². The van der Waals surface area contributed by atoms with Crippen LogP contribution in [0.4, 0.5) is 5.69 Å². The fourth-order valence-corrected chi connectivity index (χ4v) is 1.97. The summed E-state index contributed by atoms with van der Waals surface area (Å²) in [6, 6.07) is 11.6. The number of amides is 2. The third-order valence-corrected chi connectivity index (χ3v) is 3.39. The Balaban J connectivity index is 1.99. The number of hydrogen-bond acceptors (Lipinski definition) is 3. The van der Waals surface area contributed by atoms with E-state index in [9.17, 15) is 9.59 Å². The van der Waals surface area contributed by atoms with Crippen molar-refractivity contribution in [3.05, 3.63) is 58.6 Å². The Kier molecular flexibility index (Phi) is 5.01. The Bertz CT molecular complexity index is 716. The molecule has 0 aliphatic carbocycles. The van der Waals surface area contributed by atoms with Gasteiger partial charge in [-0.25, -0.2) is 0 Å². The number of halogens is 1. The summed E-state index contributed by atoms with van der Waals surface area (Å²) in [6.07, 6.45) is 0. The summed E-state index contributed by atoms with van der Waals surface area (Å²) in [5.74, 6) is -0.452. The quantitative estimate of drug-likeness (QED) is 0.889. The Hall–Kier alpha value is -2.53. The molecule has 0 aromatic heterocycles. The maximum absolute atomic E-state index is 11.9. The largest absolute Gasteiger partial charge is 0.484 e. The second-order valence-electron chi connectivity index (χ2n) is 4.66. The number of nitrogens with two attached hydrogens (primary N) is 1. The summed E-state index contributed by atoms with van der Waals surface area (Å²) in [6.45, 7) is 1.66. The van der Waals surface area contributed by atoms with Crippen molar-refractivity contribution >= 4 is 29.1 Å². The molecule has 0 saturated carbocycles. The van der Waals surface area contributed by atoms with Gasteiger partial charge in [-0.3, -0.25) is 9.59 Å². The number of nitrogens with one attached hydrogen (secondary N) is 1. The molecule has 5 nitrogen and oxygen atoms in total. The van der Waals surface area contributed by atoms with Crippen LogP contribution in [0.1, 0.15) is 15.9 Å². The number of benzene rings is 2. The van der Waals surface area contributed by atoms with Crippen LogP contribution in [0.5, 0.6) is 5.75 Å². The molecule has 0 saturated heterocycles. The smallest absolute Gasteiger partial charge is 0.262 e. The highest BCUT2D eigenvalue weighted by Gasteiger charge is 2.10. The van der Waals surface area contributed by atoms with Crippen LogP contribution in [-0.4, -0.2) is 18.4 Å². The average Bonchev–Trinajstić information content (AvgIpc) is 2.49. The van der Waals surface area contributed by atoms with Crippen LogP contribution in [0, 0.1) is 6.92 Å². The van der Waals surface area contributed by atoms with Crippen molar-refractivity contribution in [2.75, 3.05) is 11.9 Å². The highest BCUT2D eigenvalue weighted by atomic mass is 35.5. The molecule has 0 spiro atoms. The normalized spacial score (nSPS) is 10.1. The van der Waals surface area contributed by atoms with Gasteiger partial charge in [-0.05, 0) is 42.8 Å². The summed E-state index contributed by atoms with van der Waals surface area (Å²) in [5, 5.41) is 3.23. The third-order valence-electron chi connectivity index (χ3n) is 2.97. The minimum atomic E-state index is -0.606. The van der Waals surface area contributed by atoms with E-state index in [1.54, 1.807) is 42.5 Å². The molecular formula is C16H15ClN2O3. The van der Waals surface area contributed by atoms with Gasteiger partial charge in [0.1, 0.15) is 5.75 Å². The fourth-order valence-electron chi connectivity index (χ4n) is 1.85. The van der Waals surface area contributed by atoms with E-state index in [1.165, 1.54) is 0 Å². The molecule has 0 aliphatic rings. The zero-order valence-electron chi connectivity index (χ0n) is 11.9. The minimum Gasteiger partial charge on any atom is -0.484 e. The molecule has 2 aromatic carbocycles. The molecule has 114 valence electrons. The molecule has 2 aromatic rings. The first-order valence-corrected chi connectivity index (χ1v) is 6.93. The Morgan fingerprint density at radius 1 is 1.23 bits per heavy atom. The van der Waals surface area contributed by atoms with Crippen molar-refractivity contribution in [3.63, 3.8) is 0 Å². The van der Waals surface area contributed by atoms with Gasteiger partial charge < -0.3 is 15.8 Å². The van der Waals surface area contributed by atoms with Gasteiger partial charge in [-0.2, -0.15) is 0 Å². The first-order valence-electron chi connectivity index (χ1n) is 6.55. The second kappa shape index (κ2) is 6.95. The van der Waals surface area contributed by atoms with Crippen LogP contribution in [-0.2, 0) is 4.79 Å². The van der Waals surface area contributed by atoms with Gasteiger partial charge in [0.25, 0.3) is 11.8 Å². The van der Waals surface area contributed by atoms with E-state index in [2.05, 4.69) is 5.32 Å². The van der Waals surface area contributed by atoms with E-state index >= 15 is 0 Å². The maximum Gasteiger partial charge on any atom is 0.262 e. The first-order chi connectivity index (χ1) is 10.5. The van der Waals surface area contributed by atoms with Crippen LogP contribution in [0.2, 0.25) is 5.02 Å². The van der Waals surface area contributed by atoms with Crippen molar-refractivity contribution in [2.45, 2.75) is 6.92 Å². The topological polar surface area (TPSA) is 81.4 Å². The summed E-state index contributed by atoms with van der Waals surface area (Å²) in [5.41, 5.74) is 6.72. The molecule has 0 unspecified atom stereocenters. The van der Waals surface area contributed by atoms with Gasteiger partial charge in [-0.1, -0.05) is 23.7 Å². The predicted octanol–water partition coefficient (Wildman–Crippen LogP) is 2.76. The molecule has 0 fully saturated rings. The van der Waals surface area contributed by atoms with Crippen molar-refractivity contribution in [3.8, 4) is 5.75 Å². The lowest BCUT2D eigenvalue weighted by molar-refractivity contribution is -0.118. The van der Waals surface area contributed by atoms with Gasteiger partial charge in [0.15, 0.2) is 6.61 Å². The van der Waals surface area contributed by atoms with E-state index in [1.807, 2.05) is 6.92 Å². The second-order valence-corrected chi connectivity index (χ2v) is 5.06. The van der Waals surface area contributed by atoms with Crippen LogP contribution in [0.15, 0.2) is 42.5 Å². The van der Waals surface area contributed by atoms with Crippen LogP contribution >= 0.6 is 11.6 Å². The molecule has 0 bridgehead atoms. The highest BCUT2D eigenvalue weighted by molar-refractivity contribution is 6.31. The molecular weight excluding hydrogens is 304 g/mol. The summed E-state index contributed by atoms with van der Waals surface area (Å²) in [7, 11) is 0. The van der Waals surface area contributed by atoms with Crippen molar-refractivity contribution in [2.24, 2.45) is 5.73 Å². The lowest BCUT2D eigenvalue weighted by Gasteiger charge is -2.10. The van der Waals surface area contributed by atoms with Gasteiger partial charge in [0.2, 0.25) is 0 Å². The number of para-hydroxylation sites is 1. The zero-order valence-corrected chi connectivity index (χ0v) is 12.7. The SMILES string of the molecule is Cc1cc(OCC(=O)Nc2ccccc2C(N)=O)ccc1Cl. The van der Waals surface area contributed by atoms with Gasteiger partial charge in [0.05, 0.1) is 11.3 Å². The lowest BCUT2D eigenvalue weighted by atomic mass is 10.1. The number of hydrogen-bond donors (Lipinski definition) is 2. The number of carbonyl (C=O) groups excluding carboxylic acids is 2. The molecule has 22 heavy (non-hydrogen) atoms. The first kappa shape index (κ1) is 15.9. The molecule has 0 atom stereocenters. The number of carbonyl (C=O) groups is 2. The van der Waals surface area contributed by atoms with Crippen LogP contribution in [0.3, 0.4) is 0 Å². The van der Waals surface area contributed by atoms with E-state index < -0.39 is 5.91 Å². The zero-order chi connectivity index (χ0) is 16.1. The molecule has 2 amide bonds. The van der Waals surface area contributed by atoms with Crippen molar-refractivity contribution in [1.29, 1.82) is 0 Å². The number of anilines is 1. The monoisotopic (exact) mass is 318 g/mol. The van der Waals surface area contributed by atoms with E-state index in [-0.39, 0.29) is 18.1 Å². The number of primary amides is 1. The molecule has 0 radical (unpaired) electrons. The lowest BCUT2D eigenvalue weighted by Crippen LogP contribution is -2.22. The molecule has 2 rings (SSSR count). The highest BCUT2D eigenvalue weighted by Crippen LogP contribution is 2.21. The van der Waals surface area contributed by atoms with Crippen molar-refractivity contribution < 1.29 is 14.3 Å². The third kappa shape index (κ3) is 3.99. The Morgan fingerprint density at radius 2 is 1.95 bits per heavy atom. The molecule has 0 heterocycles. The van der Waals surface area contributed by atoms with E-state index in [0.717, 1.165) is 5.56 Å². The Morgan fingerprint density at radius 3 is 2.64 bits per heavy atom. The molecule has 6 heteroatoms. The Labute approximate surface area is 133 Å². The van der Waals surface area contributed by atoms with Gasteiger partial charge >= 0.3 is 0 Å². The summed E-state index contributed by atoms with van der Waals surface area (Å²) >= 11 is 5.92. The average molecular weight is 319 g/mol. The van der Waals surface area contributed by atoms with Crippen LogP contribution < -0.4 is 15.8 Å². The summed E-state index contributed by atoms with van der Waals surface area (Å²) in [4.78, 5) is 23.2. The standard InChI is InChI=1S/C16H15ClN2O3/c1-10-8-11(6-7-13(10)17)22-9-15(20)19-14-5-3-2-4-12(14)16(18)21/h2-8H,9H2,1H3,(H2,18,21)(H,19,20). The van der Waals surface area contributed by atoms with Crippen LogP contribution in [0.25, 0.3) is 0 Å². The number of ether oxygens (including phenoxy) is 1. The van der Waals surface area contributed by atoms with E-state index in [0.29, 0.717) is 16.5 Å². The van der Waals surface area contributed by atoms with E-state index in [4.69, 9.17) is 22.1 Å². The molecule has 0 aliphatic heterocycles.